The van der Waals surface area contributed by atoms with Gasteiger partial charge in [0, 0.05) is 36.5 Å². The van der Waals surface area contributed by atoms with E-state index in [1.165, 1.54) is 4.88 Å². The Labute approximate surface area is 111 Å². The Balaban J connectivity index is 2.27. The van der Waals surface area contributed by atoms with Gasteiger partial charge in [0.15, 0.2) is 0 Å². The van der Waals surface area contributed by atoms with Gasteiger partial charge in [-0.3, -0.25) is 4.98 Å². The highest BCUT2D eigenvalue weighted by Gasteiger charge is 2.11. The lowest BCUT2D eigenvalue weighted by molar-refractivity contribution is 0.181. The van der Waals surface area contributed by atoms with Gasteiger partial charge in [0.25, 0.3) is 0 Å². The number of ether oxygens (including phenoxy) is 1. The number of aromatic nitrogens is 2. The fraction of sp³-hybridized carbons (Fsp3) is 0.385. The number of methoxy groups -OCH3 is 1. The van der Waals surface area contributed by atoms with Gasteiger partial charge in [0.05, 0.1) is 12.3 Å². The van der Waals surface area contributed by atoms with Crippen molar-refractivity contribution in [2.45, 2.75) is 20.1 Å². The molecule has 0 amide bonds. The van der Waals surface area contributed by atoms with Crippen LogP contribution in [0.4, 0.5) is 0 Å². The van der Waals surface area contributed by atoms with Crippen molar-refractivity contribution in [2.75, 3.05) is 13.7 Å². The number of thiazole rings is 1. The Kier molecular flexibility index (Phi) is 4.81. The van der Waals surface area contributed by atoms with Gasteiger partial charge in [-0.2, -0.15) is 0 Å². The quantitative estimate of drug-likeness (QED) is 0.869. The van der Waals surface area contributed by atoms with E-state index in [1.54, 1.807) is 30.8 Å². The van der Waals surface area contributed by atoms with Gasteiger partial charge in [0.2, 0.25) is 0 Å². The van der Waals surface area contributed by atoms with Crippen LogP contribution in [-0.2, 0) is 17.9 Å². The van der Waals surface area contributed by atoms with Crippen molar-refractivity contribution in [3.8, 4) is 10.6 Å². The Morgan fingerprint density at radius 2 is 2.11 bits per heavy atom. The first-order valence-corrected chi connectivity index (χ1v) is 6.75. The van der Waals surface area contributed by atoms with E-state index in [0.717, 1.165) is 29.4 Å². The van der Waals surface area contributed by atoms with Crippen molar-refractivity contribution < 1.29 is 4.74 Å². The number of nitrogens with one attached hydrogen (secondary N) is 1. The molecule has 0 aliphatic heterocycles. The number of hydrogen-bond donors (Lipinski definition) is 1. The van der Waals surface area contributed by atoms with Crippen molar-refractivity contribution in [2.24, 2.45) is 0 Å². The maximum atomic E-state index is 5.20. The fourth-order valence-electron chi connectivity index (χ4n) is 1.63. The normalized spacial score (nSPS) is 10.8. The van der Waals surface area contributed by atoms with E-state index in [1.807, 2.05) is 12.1 Å². The van der Waals surface area contributed by atoms with Crippen LogP contribution in [-0.4, -0.2) is 23.6 Å². The summed E-state index contributed by atoms with van der Waals surface area (Å²) in [5, 5.41) is 4.36. The molecule has 2 heterocycles. The molecular weight excluding hydrogens is 246 g/mol. The standard InChI is InChI=1S/C13H17N3OS/c1-3-14-8-12-11(9-17-2)16-13(18-12)10-4-6-15-7-5-10/h4-7,14H,3,8-9H2,1-2H3. The Hall–Kier alpha value is -1.30. The van der Waals surface area contributed by atoms with Crippen LogP contribution in [0, 0.1) is 0 Å². The zero-order valence-corrected chi connectivity index (χ0v) is 11.5. The predicted octanol–water partition coefficient (Wildman–Crippen LogP) is 2.46. The third-order valence-electron chi connectivity index (χ3n) is 2.52. The zero-order valence-electron chi connectivity index (χ0n) is 10.6. The molecule has 0 atom stereocenters. The van der Waals surface area contributed by atoms with E-state index in [9.17, 15) is 0 Å². The van der Waals surface area contributed by atoms with Crippen LogP contribution in [0.15, 0.2) is 24.5 Å². The molecule has 0 unspecified atom stereocenters. The molecule has 2 aromatic rings. The molecule has 1 N–H and O–H groups in total. The Morgan fingerprint density at radius 1 is 1.33 bits per heavy atom. The molecule has 0 aliphatic rings. The summed E-state index contributed by atoms with van der Waals surface area (Å²) in [6.07, 6.45) is 3.58. The van der Waals surface area contributed by atoms with E-state index >= 15 is 0 Å². The second kappa shape index (κ2) is 6.58. The number of pyridine rings is 1. The minimum atomic E-state index is 0.558. The average molecular weight is 263 g/mol. The van der Waals surface area contributed by atoms with E-state index in [0.29, 0.717) is 6.61 Å². The summed E-state index contributed by atoms with van der Waals surface area (Å²) in [5.41, 5.74) is 2.13. The lowest BCUT2D eigenvalue weighted by Gasteiger charge is -2.00. The van der Waals surface area contributed by atoms with Crippen molar-refractivity contribution in [1.82, 2.24) is 15.3 Å². The van der Waals surface area contributed by atoms with Crippen molar-refractivity contribution >= 4 is 11.3 Å². The monoisotopic (exact) mass is 263 g/mol. The molecule has 0 bridgehead atoms. The molecule has 0 spiro atoms. The van der Waals surface area contributed by atoms with Gasteiger partial charge >= 0.3 is 0 Å². The smallest absolute Gasteiger partial charge is 0.124 e. The molecule has 2 aromatic heterocycles. The largest absolute Gasteiger partial charge is 0.378 e. The summed E-state index contributed by atoms with van der Waals surface area (Å²) in [5.74, 6) is 0. The maximum Gasteiger partial charge on any atom is 0.124 e. The topological polar surface area (TPSA) is 47.0 Å². The van der Waals surface area contributed by atoms with Crippen LogP contribution >= 0.6 is 11.3 Å². The highest BCUT2D eigenvalue weighted by molar-refractivity contribution is 7.15. The third-order valence-corrected chi connectivity index (χ3v) is 3.67. The number of hydrogen-bond acceptors (Lipinski definition) is 5. The van der Waals surface area contributed by atoms with Crippen LogP contribution in [0.25, 0.3) is 10.6 Å². The van der Waals surface area contributed by atoms with Crippen LogP contribution in [0.2, 0.25) is 0 Å². The van der Waals surface area contributed by atoms with Crippen molar-refractivity contribution in [3.63, 3.8) is 0 Å². The molecular formula is C13H17N3OS. The number of rotatable bonds is 6. The molecule has 0 radical (unpaired) electrons. The Morgan fingerprint density at radius 3 is 2.78 bits per heavy atom. The SMILES string of the molecule is CCNCc1sc(-c2ccncc2)nc1COC. The summed E-state index contributed by atoms with van der Waals surface area (Å²) < 4.78 is 5.20. The van der Waals surface area contributed by atoms with Crippen LogP contribution in [0.1, 0.15) is 17.5 Å². The summed E-state index contributed by atoms with van der Waals surface area (Å²) in [6, 6.07) is 3.96. The summed E-state index contributed by atoms with van der Waals surface area (Å²) >= 11 is 1.71. The predicted molar refractivity (Wildman–Crippen MR) is 73.4 cm³/mol. The highest BCUT2D eigenvalue weighted by Crippen LogP contribution is 2.28. The van der Waals surface area contributed by atoms with Gasteiger partial charge < -0.3 is 10.1 Å². The summed E-state index contributed by atoms with van der Waals surface area (Å²) in [4.78, 5) is 9.92. The van der Waals surface area contributed by atoms with Crippen LogP contribution in [0.5, 0.6) is 0 Å². The number of nitrogens with zero attached hydrogens (tertiary/aromatic N) is 2. The first-order chi connectivity index (χ1) is 8.85. The average Bonchev–Trinajstić information content (AvgIpc) is 2.81. The lowest BCUT2D eigenvalue weighted by atomic mass is 10.3. The minimum Gasteiger partial charge on any atom is -0.378 e. The van der Waals surface area contributed by atoms with E-state index in [2.05, 4.69) is 22.2 Å². The lowest BCUT2D eigenvalue weighted by Crippen LogP contribution is -2.12. The van der Waals surface area contributed by atoms with Crippen molar-refractivity contribution in [3.05, 3.63) is 35.1 Å². The molecule has 18 heavy (non-hydrogen) atoms. The first kappa shape index (κ1) is 13.1. The van der Waals surface area contributed by atoms with Crippen LogP contribution in [0.3, 0.4) is 0 Å². The van der Waals surface area contributed by atoms with Gasteiger partial charge in [-0.15, -0.1) is 11.3 Å². The van der Waals surface area contributed by atoms with E-state index < -0.39 is 0 Å². The highest BCUT2D eigenvalue weighted by atomic mass is 32.1. The van der Waals surface area contributed by atoms with Crippen LogP contribution < -0.4 is 5.32 Å². The molecule has 0 aromatic carbocycles. The Bertz CT molecular complexity index is 484. The molecule has 2 rings (SSSR count). The van der Waals surface area contributed by atoms with Gasteiger partial charge in [0.1, 0.15) is 5.01 Å². The molecule has 96 valence electrons. The molecule has 5 heteroatoms. The second-order valence-corrected chi connectivity index (χ2v) is 4.92. The van der Waals surface area contributed by atoms with Gasteiger partial charge in [-0.25, -0.2) is 4.98 Å². The molecule has 4 nitrogen and oxygen atoms in total. The first-order valence-electron chi connectivity index (χ1n) is 5.93. The van der Waals surface area contributed by atoms with E-state index in [4.69, 9.17) is 4.74 Å². The molecule has 0 saturated carbocycles. The maximum absolute atomic E-state index is 5.20. The van der Waals surface area contributed by atoms with Crippen molar-refractivity contribution in [1.29, 1.82) is 0 Å². The molecule has 0 fully saturated rings. The van der Waals surface area contributed by atoms with Gasteiger partial charge in [-0.1, -0.05) is 6.92 Å². The fourth-order valence-corrected chi connectivity index (χ4v) is 2.67. The van der Waals surface area contributed by atoms with Gasteiger partial charge in [-0.05, 0) is 18.7 Å². The van der Waals surface area contributed by atoms with E-state index in [-0.39, 0.29) is 0 Å². The summed E-state index contributed by atoms with van der Waals surface area (Å²) in [7, 11) is 1.70. The summed E-state index contributed by atoms with van der Waals surface area (Å²) in [6.45, 7) is 4.45. The molecule has 0 saturated heterocycles. The minimum absolute atomic E-state index is 0.558. The molecule has 0 aliphatic carbocycles. The zero-order chi connectivity index (χ0) is 12.8. The second-order valence-electron chi connectivity index (χ2n) is 3.84. The third kappa shape index (κ3) is 3.13.